The molecule has 0 fully saturated rings. The van der Waals surface area contributed by atoms with Crippen LogP contribution in [0.15, 0.2) is 6.07 Å². The number of hydrogen-bond acceptors (Lipinski definition) is 6. The Bertz CT molecular complexity index is 643. The lowest BCUT2D eigenvalue weighted by atomic mass is 10.2. The minimum Gasteiger partial charge on any atom is -0.391 e. The Kier molecular flexibility index (Phi) is 4.81. The number of aryl methyl sites for hydroxylation is 1. The smallest absolute Gasteiger partial charge is 0.391 e. The zero-order valence-corrected chi connectivity index (χ0v) is 12.1. The van der Waals surface area contributed by atoms with E-state index in [-0.39, 0.29) is 12.4 Å². The molecule has 0 aliphatic heterocycles. The quantitative estimate of drug-likeness (QED) is 0.834. The number of methoxy groups -OCH3 is 1. The van der Waals surface area contributed by atoms with Gasteiger partial charge in [0.25, 0.3) is 11.6 Å². The Labute approximate surface area is 124 Å². The van der Waals surface area contributed by atoms with Crippen molar-refractivity contribution in [1.82, 2.24) is 19.6 Å². The first-order chi connectivity index (χ1) is 10.3. The molecular formula is C12H16F3N5O2. The van der Waals surface area contributed by atoms with Gasteiger partial charge in [-0.25, -0.2) is 4.98 Å². The summed E-state index contributed by atoms with van der Waals surface area (Å²) in [5.41, 5.74) is 0.508. The zero-order chi connectivity index (χ0) is 16.3. The van der Waals surface area contributed by atoms with Crippen LogP contribution in [0.1, 0.15) is 17.9 Å². The third-order valence-electron chi connectivity index (χ3n) is 2.84. The maximum Gasteiger partial charge on any atom is 0.453 e. The van der Waals surface area contributed by atoms with Crippen molar-refractivity contribution >= 4 is 11.6 Å². The molecule has 7 nitrogen and oxygen atoms in total. The minimum atomic E-state index is -4.63. The number of alkyl halides is 3. The average molecular weight is 319 g/mol. The van der Waals surface area contributed by atoms with Crippen LogP contribution in [0.3, 0.4) is 0 Å². The minimum absolute atomic E-state index is 0.132. The fraction of sp³-hybridized carbons (Fsp3) is 0.583. The zero-order valence-electron chi connectivity index (χ0n) is 12.1. The van der Waals surface area contributed by atoms with Crippen molar-refractivity contribution in [1.29, 1.82) is 0 Å². The van der Waals surface area contributed by atoms with Crippen molar-refractivity contribution in [2.24, 2.45) is 0 Å². The summed E-state index contributed by atoms with van der Waals surface area (Å²) in [5.74, 6) is -1.05. The van der Waals surface area contributed by atoms with E-state index in [0.29, 0.717) is 24.5 Å². The highest BCUT2D eigenvalue weighted by molar-refractivity contribution is 5.45. The molecule has 0 radical (unpaired) electrons. The molecule has 1 atom stereocenters. The lowest BCUT2D eigenvalue weighted by Gasteiger charge is -2.11. The molecular weight excluding hydrogens is 303 g/mol. The number of ether oxygens (including phenoxy) is 1. The van der Waals surface area contributed by atoms with Crippen molar-refractivity contribution < 1.29 is 23.0 Å². The van der Waals surface area contributed by atoms with Gasteiger partial charge in [0, 0.05) is 25.4 Å². The first-order valence-electron chi connectivity index (χ1n) is 6.53. The van der Waals surface area contributed by atoms with Crippen molar-refractivity contribution in [3.05, 3.63) is 17.6 Å². The molecule has 0 saturated heterocycles. The molecule has 10 heteroatoms. The van der Waals surface area contributed by atoms with Gasteiger partial charge in [0.05, 0.1) is 12.7 Å². The van der Waals surface area contributed by atoms with Crippen molar-refractivity contribution in [2.75, 3.05) is 25.6 Å². The van der Waals surface area contributed by atoms with E-state index in [1.165, 1.54) is 7.11 Å². The summed E-state index contributed by atoms with van der Waals surface area (Å²) in [6.07, 6.45) is -4.91. The van der Waals surface area contributed by atoms with E-state index in [1.54, 1.807) is 13.0 Å². The maximum atomic E-state index is 12.7. The first-order valence-corrected chi connectivity index (χ1v) is 6.53. The van der Waals surface area contributed by atoms with Crippen LogP contribution in [-0.2, 0) is 10.9 Å². The summed E-state index contributed by atoms with van der Waals surface area (Å²) >= 11 is 0. The van der Waals surface area contributed by atoms with Crippen LogP contribution in [0.4, 0.5) is 19.0 Å². The van der Waals surface area contributed by atoms with Gasteiger partial charge in [-0.1, -0.05) is 0 Å². The molecule has 0 aliphatic carbocycles. The SMILES string of the molecule is COCC(O)CCNc1cc(C)nc2nc(C(F)(F)F)nn12. The predicted octanol–water partition coefficient (Wildman–Crippen LogP) is 1.26. The molecule has 0 saturated carbocycles. The van der Waals surface area contributed by atoms with E-state index in [9.17, 15) is 18.3 Å². The van der Waals surface area contributed by atoms with Crippen molar-refractivity contribution in [3.8, 4) is 0 Å². The number of halogens is 3. The number of aliphatic hydroxyl groups is 1. The van der Waals surface area contributed by atoms with Gasteiger partial charge in [-0.2, -0.15) is 22.7 Å². The van der Waals surface area contributed by atoms with E-state index >= 15 is 0 Å². The summed E-state index contributed by atoms with van der Waals surface area (Å²) in [7, 11) is 1.47. The molecule has 22 heavy (non-hydrogen) atoms. The highest BCUT2D eigenvalue weighted by Crippen LogP contribution is 2.27. The second-order valence-corrected chi connectivity index (χ2v) is 4.75. The van der Waals surface area contributed by atoms with Crippen LogP contribution in [-0.4, -0.2) is 51.1 Å². The molecule has 1 unspecified atom stereocenters. The van der Waals surface area contributed by atoms with Gasteiger partial charge >= 0.3 is 6.18 Å². The first kappa shape index (κ1) is 16.4. The van der Waals surface area contributed by atoms with E-state index in [1.807, 2.05) is 0 Å². The molecule has 0 aromatic carbocycles. The van der Waals surface area contributed by atoms with Crippen LogP contribution in [0.2, 0.25) is 0 Å². The molecule has 0 amide bonds. The van der Waals surface area contributed by atoms with Gasteiger partial charge in [0.1, 0.15) is 5.82 Å². The number of fused-ring (bicyclic) bond motifs is 1. The van der Waals surface area contributed by atoms with E-state index < -0.39 is 18.1 Å². The molecule has 2 N–H and O–H groups in total. The third kappa shape index (κ3) is 3.83. The van der Waals surface area contributed by atoms with Gasteiger partial charge in [-0.15, -0.1) is 5.10 Å². The molecule has 2 aromatic rings. The van der Waals surface area contributed by atoms with Crippen LogP contribution in [0.5, 0.6) is 0 Å². The number of aliphatic hydroxyl groups excluding tert-OH is 1. The average Bonchev–Trinajstić information content (AvgIpc) is 2.82. The highest BCUT2D eigenvalue weighted by atomic mass is 19.4. The predicted molar refractivity (Wildman–Crippen MR) is 71.5 cm³/mol. The molecule has 122 valence electrons. The summed E-state index contributed by atoms with van der Waals surface area (Å²) < 4.78 is 43.8. The second kappa shape index (κ2) is 6.44. The maximum absolute atomic E-state index is 12.7. The normalized spacial score (nSPS) is 13.5. The highest BCUT2D eigenvalue weighted by Gasteiger charge is 2.36. The van der Waals surface area contributed by atoms with Crippen LogP contribution >= 0.6 is 0 Å². The van der Waals surface area contributed by atoms with Crippen molar-refractivity contribution in [2.45, 2.75) is 25.6 Å². The molecule has 2 aromatic heterocycles. The standard InChI is InChI=1S/C12H16F3N5O2/c1-7-5-9(16-4-3-8(21)6-22-2)20-11(17-7)18-10(19-20)12(13,14)15/h5,8,16,21H,3-4,6H2,1-2H3. The number of aromatic nitrogens is 4. The van der Waals surface area contributed by atoms with Gasteiger partial charge in [-0.05, 0) is 13.3 Å². The number of rotatable bonds is 6. The van der Waals surface area contributed by atoms with Gasteiger partial charge in [-0.3, -0.25) is 0 Å². The number of nitrogens with zero attached hydrogens (tertiary/aromatic N) is 4. The second-order valence-electron chi connectivity index (χ2n) is 4.75. The Balaban J connectivity index is 2.20. The monoisotopic (exact) mass is 319 g/mol. The van der Waals surface area contributed by atoms with E-state index in [0.717, 1.165) is 4.52 Å². The summed E-state index contributed by atoms with van der Waals surface area (Å²) in [6, 6.07) is 1.56. The van der Waals surface area contributed by atoms with Gasteiger partial charge < -0.3 is 15.2 Å². The molecule has 0 aliphatic rings. The number of anilines is 1. The number of hydrogen-bond donors (Lipinski definition) is 2. The van der Waals surface area contributed by atoms with Crippen LogP contribution in [0.25, 0.3) is 5.78 Å². The largest absolute Gasteiger partial charge is 0.453 e. The van der Waals surface area contributed by atoms with Crippen LogP contribution in [0, 0.1) is 6.92 Å². The Morgan fingerprint density at radius 3 is 2.77 bits per heavy atom. The van der Waals surface area contributed by atoms with Crippen LogP contribution < -0.4 is 5.32 Å². The fourth-order valence-corrected chi connectivity index (χ4v) is 1.88. The molecule has 2 heterocycles. The summed E-state index contributed by atoms with van der Waals surface area (Å²) in [5, 5.41) is 15.9. The third-order valence-corrected chi connectivity index (χ3v) is 2.84. The van der Waals surface area contributed by atoms with Crippen molar-refractivity contribution in [3.63, 3.8) is 0 Å². The Morgan fingerprint density at radius 1 is 1.41 bits per heavy atom. The van der Waals surface area contributed by atoms with E-state index in [2.05, 4.69) is 20.4 Å². The molecule has 2 rings (SSSR count). The summed E-state index contributed by atoms with van der Waals surface area (Å²) in [6.45, 7) is 2.17. The molecule has 0 bridgehead atoms. The summed E-state index contributed by atoms with van der Waals surface area (Å²) in [4.78, 5) is 7.31. The lowest BCUT2D eigenvalue weighted by Crippen LogP contribution is -2.19. The topological polar surface area (TPSA) is 84.6 Å². The van der Waals surface area contributed by atoms with E-state index in [4.69, 9.17) is 4.74 Å². The van der Waals surface area contributed by atoms with Gasteiger partial charge in [0.15, 0.2) is 0 Å². The fourth-order valence-electron chi connectivity index (χ4n) is 1.88. The van der Waals surface area contributed by atoms with Gasteiger partial charge in [0.2, 0.25) is 0 Å². The lowest BCUT2D eigenvalue weighted by molar-refractivity contribution is -0.144. The Hall–Kier alpha value is -1.94. The Morgan fingerprint density at radius 2 is 2.14 bits per heavy atom. The molecule has 0 spiro atoms. The number of nitrogens with one attached hydrogen (secondary N) is 1.